The molecule has 1 N–H and O–H groups in total. The van der Waals surface area contributed by atoms with Crippen molar-refractivity contribution < 1.29 is 9.84 Å². The zero-order valence-electron chi connectivity index (χ0n) is 14.6. The Morgan fingerprint density at radius 2 is 2.32 bits per heavy atom. The zero-order valence-corrected chi connectivity index (χ0v) is 14.6. The van der Waals surface area contributed by atoms with Gasteiger partial charge in [-0.15, -0.1) is 6.58 Å². The van der Waals surface area contributed by atoms with Crippen LogP contribution in [0.2, 0.25) is 0 Å². The van der Waals surface area contributed by atoms with Crippen LogP contribution < -0.4 is 4.74 Å². The van der Waals surface area contributed by atoms with Gasteiger partial charge in [-0.1, -0.05) is 6.08 Å². The zero-order chi connectivity index (χ0) is 17.2. The number of rotatable bonds is 4. The van der Waals surface area contributed by atoms with Crippen LogP contribution in [0.5, 0.6) is 5.75 Å². The van der Waals surface area contributed by atoms with E-state index < -0.39 is 6.10 Å². The highest BCUT2D eigenvalue weighted by atomic mass is 16.5. The maximum atomic E-state index is 11.2. The normalized spacial score (nSPS) is 34.6. The number of hydrogen-bond acceptors (Lipinski definition) is 4. The molecule has 4 heteroatoms. The fraction of sp³-hybridized carbons (Fsp3) is 0.476. The number of ether oxygens (including phenoxy) is 1. The van der Waals surface area contributed by atoms with Crippen LogP contribution in [0, 0.1) is 11.8 Å². The fourth-order valence-electron chi connectivity index (χ4n) is 5.61. The Kier molecular flexibility index (Phi) is 3.25. The summed E-state index contributed by atoms with van der Waals surface area (Å²) in [6.45, 7) is 5.08. The largest absolute Gasteiger partial charge is 0.497 e. The first-order chi connectivity index (χ1) is 12.2. The van der Waals surface area contributed by atoms with Gasteiger partial charge in [0.2, 0.25) is 0 Å². The molecular weight excluding hydrogens is 312 g/mol. The van der Waals surface area contributed by atoms with Gasteiger partial charge in [-0.05, 0) is 60.9 Å². The van der Waals surface area contributed by atoms with Crippen LogP contribution >= 0.6 is 0 Å². The van der Waals surface area contributed by atoms with Crippen LogP contribution in [0.4, 0.5) is 0 Å². The highest BCUT2D eigenvalue weighted by Gasteiger charge is 2.67. The Bertz CT molecular complexity index is 851. The van der Waals surface area contributed by atoms with Crippen LogP contribution in [0.3, 0.4) is 0 Å². The van der Waals surface area contributed by atoms with E-state index in [9.17, 15) is 5.11 Å². The number of fused-ring (bicyclic) bond motifs is 1. The molecule has 1 saturated carbocycles. The molecule has 1 spiro atoms. The Morgan fingerprint density at radius 3 is 3.04 bits per heavy atom. The molecule has 5 atom stereocenters. The summed E-state index contributed by atoms with van der Waals surface area (Å²) in [5.74, 6) is 2.13. The lowest BCUT2D eigenvalue weighted by Crippen LogP contribution is -2.70. The lowest BCUT2D eigenvalue weighted by Gasteiger charge is -2.63. The molecule has 2 aliphatic heterocycles. The molecule has 2 aromatic rings. The maximum absolute atomic E-state index is 11.2. The van der Waals surface area contributed by atoms with Gasteiger partial charge in [-0.2, -0.15) is 0 Å². The van der Waals surface area contributed by atoms with Gasteiger partial charge in [0.1, 0.15) is 5.75 Å². The van der Waals surface area contributed by atoms with Gasteiger partial charge in [0, 0.05) is 29.7 Å². The summed E-state index contributed by atoms with van der Waals surface area (Å²) in [6, 6.07) is 8.01. The number of benzene rings is 1. The minimum absolute atomic E-state index is 0.199. The van der Waals surface area contributed by atoms with E-state index in [-0.39, 0.29) is 6.04 Å². The van der Waals surface area contributed by atoms with Gasteiger partial charge < -0.3 is 9.84 Å². The number of aromatic nitrogens is 1. The van der Waals surface area contributed by atoms with E-state index in [0.29, 0.717) is 11.5 Å². The Hall–Kier alpha value is -1.91. The van der Waals surface area contributed by atoms with E-state index in [1.165, 1.54) is 12.8 Å². The molecule has 1 aromatic carbocycles. The van der Waals surface area contributed by atoms with E-state index in [4.69, 9.17) is 4.74 Å². The second kappa shape index (κ2) is 5.29. The molecule has 3 fully saturated rings. The summed E-state index contributed by atoms with van der Waals surface area (Å²) in [6.07, 6.45) is 7.11. The first-order valence-electron chi connectivity index (χ1n) is 9.18. The van der Waals surface area contributed by atoms with E-state index in [2.05, 4.69) is 22.5 Å². The van der Waals surface area contributed by atoms with Crippen molar-refractivity contribution in [2.45, 2.75) is 36.9 Å². The van der Waals surface area contributed by atoms with Crippen LogP contribution in [0.15, 0.2) is 43.1 Å². The molecule has 1 aliphatic carbocycles. The molecule has 0 amide bonds. The molecule has 1 aromatic heterocycles. The van der Waals surface area contributed by atoms with Crippen LogP contribution in [-0.2, 0) is 0 Å². The van der Waals surface area contributed by atoms with Crippen molar-refractivity contribution in [1.29, 1.82) is 0 Å². The molecule has 0 bridgehead atoms. The number of pyridine rings is 1. The second-order valence-electron chi connectivity index (χ2n) is 7.80. The van der Waals surface area contributed by atoms with Crippen LogP contribution in [-0.4, -0.2) is 40.2 Å². The molecule has 2 saturated heterocycles. The van der Waals surface area contributed by atoms with Crippen molar-refractivity contribution in [3.05, 3.63) is 48.7 Å². The smallest absolute Gasteiger partial charge is 0.119 e. The molecule has 0 radical (unpaired) electrons. The Labute approximate surface area is 148 Å². The molecule has 25 heavy (non-hydrogen) atoms. The van der Waals surface area contributed by atoms with E-state index in [1.54, 1.807) is 13.3 Å². The van der Waals surface area contributed by atoms with Crippen molar-refractivity contribution in [1.82, 2.24) is 9.88 Å². The first kappa shape index (κ1) is 15.4. The third kappa shape index (κ3) is 1.92. The van der Waals surface area contributed by atoms with Crippen molar-refractivity contribution >= 4 is 10.9 Å². The summed E-state index contributed by atoms with van der Waals surface area (Å²) < 4.78 is 5.36. The molecule has 3 aliphatic rings. The first-order valence-corrected chi connectivity index (χ1v) is 9.18. The average molecular weight is 336 g/mol. The second-order valence-corrected chi connectivity index (χ2v) is 7.80. The number of hydrogen-bond donors (Lipinski definition) is 1. The van der Waals surface area contributed by atoms with Crippen LogP contribution in [0.1, 0.15) is 30.9 Å². The van der Waals surface area contributed by atoms with Gasteiger partial charge in [0.25, 0.3) is 0 Å². The standard InChI is InChI=1S/C21H24N2O2/c1-3-13-12-23-19(11-21(23)8-6-17(13)21)20(24)15-7-9-22-18-5-4-14(25-2)10-16(15)18/h3-5,7,9-10,13,17,19-20,24H,1,6,8,11-12H2,2H3. The Morgan fingerprint density at radius 1 is 1.44 bits per heavy atom. The molecule has 3 heterocycles. The monoisotopic (exact) mass is 336 g/mol. The van der Waals surface area contributed by atoms with Gasteiger partial charge in [0.05, 0.1) is 18.7 Å². The van der Waals surface area contributed by atoms with E-state index in [1.807, 2.05) is 24.3 Å². The van der Waals surface area contributed by atoms with Gasteiger partial charge in [0.15, 0.2) is 0 Å². The van der Waals surface area contributed by atoms with E-state index >= 15 is 0 Å². The van der Waals surface area contributed by atoms with Crippen molar-refractivity contribution in [3.8, 4) is 5.75 Å². The van der Waals surface area contributed by atoms with Gasteiger partial charge in [-0.3, -0.25) is 9.88 Å². The van der Waals surface area contributed by atoms with E-state index in [0.717, 1.165) is 41.1 Å². The third-order valence-electron chi connectivity index (χ3n) is 7.01. The molecule has 5 rings (SSSR count). The summed E-state index contributed by atoms with van der Waals surface area (Å²) in [4.78, 5) is 7.00. The van der Waals surface area contributed by atoms with Crippen molar-refractivity contribution in [3.63, 3.8) is 0 Å². The van der Waals surface area contributed by atoms with Crippen molar-refractivity contribution in [2.75, 3.05) is 13.7 Å². The average Bonchev–Trinajstić information content (AvgIpc) is 2.77. The SMILES string of the molecule is C=CC1CN2C(C(O)c3ccnc4ccc(OC)cc34)CC23CCC13. The molecule has 130 valence electrons. The minimum Gasteiger partial charge on any atom is -0.497 e. The predicted molar refractivity (Wildman–Crippen MR) is 97.5 cm³/mol. The highest BCUT2D eigenvalue weighted by molar-refractivity contribution is 5.84. The minimum atomic E-state index is -0.493. The lowest BCUT2D eigenvalue weighted by molar-refractivity contribution is -0.152. The summed E-state index contributed by atoms with van der Waals surface area (Å²) in [5, 5.41) is 12.2. The summed E-state index contributed by atoms with van der Waals surface area (Å²) >= 11 is 0. The van der Waals surface area contributed by atoms with Gasteiger partial charge in [-0.25, -0.2) is 0 Å². The Balaban J connectivity index is 1.49. The number of nitrogens with zero attached hydrogens (tertiary/aromatic N) is 2. The summed E-state index contributed by atoms with van der Waals surface area (Å²) in [5.41, 5.74) is 2.21. The predicted octanol–water partition coefficient (Wildman–Crippen LogP) is 3.32. The lowest BCUT2D eigenvalue weighted by atomic mass is 9.57. The highest BCUT2D eigenvalue weighted by Crippen LogP contribution is 2.63. The molecule has 4 nitrogen and oxygen atoms in total. The van der Waals surface area contributed by atoms with Gasteiger partial charge >= 0.3 is 0 Å². The third-order valence-corrected chi connectivity index (χ3v) is 7.01. The molecule has 5 unspecified atom stereocenters. The quantitative estimate of drug-likeness (QED) is 0.870. The maximum Gasteiger partial charge on any atom is 0.119 e. The van der Waals surface area contributed by atoms with Crippen molar-refractivity contribution in [2.24, 2.45) is 11.8 Å². The topological polar surface area (TPSA) is 45.6 Å². The summed E-state index contributed by atoms with van der Waals surface area (Å²) in [7, 11) is 1.67. The fourth-order valence-corrected chi connectivity index (χ4v) is 5.61. The number of methoxy groups -OCH3 is 1. The number of aliphatic hydroxyl groups is 1. The van der Waals surface area contributed by atoms with Crippen LogP contribution in [0.25, 0.3) is 10.9 Å². The number of aliphatic hydroxyl groups excluding tert-OH is 1. The molecular formula is C21H24N2O2.